The maximum atomic E-state index is 13.5. The highest BCUT2D eigenvalue weighted by Gasteiger charge is 2.28. The van der Waals surface area contributed by atoms with Gasteiger partial charge in [-0.05, 0) is 38.4 Å². The maximum absolute atomic E-state index is 13.5. The molecule has 2 aromatic rings. The van der Waals surface area contributed by atoms with E-state index >= 15 is 0 Å². The van der Waals surface area contributed by atoms with Crippen molar-refractivity contribution in [1.29, 1.82) is 0 Å². The molecule has 0 aliphatic carbocycles. The molecule has 1 aromatic heterocycles. The number of imidazole rings is 1. The Labute approximate surface area is 128 Å². The summed E-state index contributed by atoms with van der Waals surface area (Å²) in [7, 11) is 0. The van der Waals surface area contributed by atoms with Gasteiger partial charge in [0.05, 0.1) is 23.7 Å². The number of aromatic nitrogens is 2. The normalized spacial score (nSPS) is 21.6. The lowest BCUT2D eigenvalue weighted by atomic mass is 9.98. The van der Waals surface area contributed by atoms with E-state index in [4.69, 9.17) is 0 Å². The number of aliphatic hydroxyl groups is 1. The number of piperidine rings is 1. The van der Waals surface area contributed by atoms with E-state index in [1.165, 1.54) is 0 Å². The third-order valence-electron chi connectivity index (χ3n) is 4.43. The van der Waals surface area contributed by atoms with Crippen LogP contribution in [0, 0.1) is 0 Å². The summed E-state index contributed by atoms with van der Waals surface area (Å²) in [6.07, 6.45) is 2.52. The van der Waals surface area contributed by atoms with Crippen LogP contribution in [0.1, 0.15) is 38.6 Å². The highest BCUT2D eigenvalue weighted by molar-refractivity contribution is 5.75. The number of fused-ring (bicyclic) bond motifs is 1. The first-order chi connectivity index (χ1) is 10.6. The maximum Gasteiger partial charge on any atom is 0.320 e. The van der Waals surface area contributed by atoms with Crippen molar-refractivity contribution in [3.8, 4) is 0 Å². The van der Waals surface area contributed by atoms with Gasteiger partial charge in [-0.2, -0.15) is 8.78 Å². The van der Waals surface area contributed by atoms with Crippen molar-refractivity contribution < 1.29 is 13.9 Å². The van der Waals surface area contributed by atoms with Crippen LogP contribution in [0.25, 0.3) is 11.0 Å². The zero-order valence-corrected chi connectivity index (χ0v) is 12.6. The molecule has 22 heavy (non-hydrogen) atoms. The minimum atomic E-state index is -2.61. The summed E-state index contributed by atoms with van der Waals surface area (Å²) in [4.78, 5) is 6.46. The molecular formula is C16H21F2N3O. The molecule has 6 heteroatoms. The monoisotopic (exact) mass is 309 g/mol. The van der Waals surface area contributed by atoms with Crippen LogP contribution < -0.4 is 0 Å². The van der Waals surface area contributed by atoms with Crippen LogP contribution in [0.2, 0.25) is 0 Å². The van der Waals surface area contributed by atoms with E-state index in [0.717, 1.165) is 30.4 Å². The van der Waals surface area contributed by atoms with Crippen LogP contribution in [0.3, 0.4) is 0 Å². The van der Waals surface area contributed by atoms with E-state index in [-0.39, 0.29) is 6.04 Å². The second-order valence-electron chi connectivity index (χ2n) is 5.94. The van der Waals surface area contributed by atoms with Gasteiger partial charge in [0.15, 0.2) is 0 Å². The standard InChI is InChI=1S/C16H21F2N3O/c1-11(22)13-7-4-5-9-20(13)10-15-19-12-6-2-3-8-14(12)21(15)16(17)18/h2-3,6,8,11,13,16,22H,4-5,7,9-10H2,1H3. The largest absolute Gasteiger partial charge is 0.392 e. The Balaban J connectivity index is 1.94. The third-order valence-corrected chi connectivity index (χ3v) is 4.43. The molecule has 2 unspecified atom stereocenters. The highest BCUT2D eigenvalue weighted by Crippen LogP contribution is 2.27. The van der Waals surface area contributed by atoms with Gasteiger partial charge in [-0.15, -0.1) is 0 Å². The fourth-order valence-corrected chi connectivity index (χ4v) is 3.36. The van der Waals surface area contributed by atoms with E-state index in [2.05, 4.69) is 9.88 Å². The average molecular weight is 309 g/mol. The van der Waals surface area contributed by atoms with Gasteiger partial charge in [-0.25, -0.2) is 4.98 Å². The van der Waals surface area contributed by atoms with Gasteiger partial charge in [0, 0.05) is 6.04 Å². The number of hydrogen-bond donors (Lipinski definition) is 1. The summed E-state index contributed by atoms with van der Waals surface area (Å²) >= 11 is 0. The molecule has 1 fully saturated rings. The van der Waals surface area contributed by atoms with Gasteiger partial charge in [0.1, 0.15) is 5.82 Å². The van der Waals surface area contributed by atoms with Crippen LogP contribution in [0.4, 0.5) is 8.78 Å². The number of hydrogen-bond acceptors (Lipinski definition) is 3. The number of aliphatic hydroxyl groups excluding tert-OH is 1. The first kappa shape index (κ1) is 15.4. The van der Waals surface area contributed by atoms with E-state index < -0.39 is 12.7 Å². The molecule has 0 saturated carbocycles. The number of benzene rings is 1. The predicted molar refractivity (Wildman–Crippen MR) is 80.7 cm³/mol. The van der Waals surface area contributed by atoms with Gasteiger partial charge in [-0.1, -0.05) is 18.6 Å². The molecule has 0 radical (unpaired) electrons. The Morgan fingerprint density at radius 2 is 2.09 bits per heavy atom. The summed E-state index contributed by atoms with van der Waals surface area (Å²) in [6.45, 7) is 0.299. The second-order valence-corrected chi connectivity index (χ2v) is 5.94. The van der Waals surface area contributed by atoms with E-state index in [1.54, 1.807) is 31.2 Å². The molecule has 1 saturated heterocycles. The number of halogens is 2. The number of rotatable bonds is 4. The lowest BCUT2D eigenvalue weighted by Crippen LogP contribution is -2.45. The molecule has 4 nitrogen and oxygen atoms in total. The summed E-state index contributed by atoms with van der Waals surface area (Å²) < 4.78 is 27.9. The fraction of sp³-hybridized carbons (Fsp3) is 0.562. The van der Waals surface area contributed by atoms with Crippen molar-refractivity contribution >= 4 is 11.0 Å². The van der Waals surface area contributed by atoms with Gasteiger partial charge in [0.25, 0.3) is 0 Å². The summed E-state index contributed by atoms with van der Waals surface area (Å²) in [5, 5.41) is 9.93. The Morgan fingerprint density at radius 3 is 2.82 bits per heavy atom. The van der Waals surface area contributed by atoms with Crippen molar-refractivity contribution in [2.75, 3.05) is 6.54 Å². The molecule has 1 aliphatic rings. The van der Waals surface area contributed by atoms with E-state index in [9.17, 15) is 13.9 Å². The molecule has 2 atom stereocenters. The van der Waals surface area contributed by atoms with E-state index in [1.807, 2.05) is 0 Å². The van der Waals surface area contributed by atoms with Crippen LogP contribution in [0.5, 0.6) is 0 Å². The smallest absolute Gasteiger partial charge is 0.320 e. The van der Waals surface area contributed by atoms with Crippen molar-refractivity contribution in [2.45, 2.75) is 51.4 Å². The van der Waals surface area contributed by atoms with Crippen molar-refractivity contribution in [3.63, 3.8) is 0 Å². The molecule has 1 N–H and O–H groups in total. The third kappa shape index (κ3) is 2.85. The minimum absolute atomic E-state index is 0.0136. The predicted octanol–water partition coefficient (Wildman–Crippen LogP) is 3.17. The highest BCUT2D eigenvalue weighted by atomic mass is 19.3. The SMILES string of the molecule is CC(O)C1CCCCN1Cc1nc2ccccc2n1C(F)F. The number of likely N-dealkylation sites (tertiary alicyclic amines) is 1. The van der Waals surface area contributed by atoms with Gasteiger partial charge in [-0.3, -0.25) is 9.47 Å². The molecule has 0 bridgehead atoms. The molecule has 0 amide bonds. The van der Waals surface area contributed by atoms with Crippen LogP contribution in [-0.4, -0.2) is 38.2 Å². The Kier molecular flexibility index (Phi) is 4.40. The fourth-order valence-electron chi connectivity index (χ4n) is 3.36. The van der Waals surface area contributed by atoms with Gasteiger partial charge >= 0.3 is 6.55 Å². The Hall–Kier alpha value is -1.53. The van der Waals surface area contributed by atoms with Crippen LogP contribution >= 0.6 is 0 Å². The molecule has 0 spiro atoms. The van der Waals surface area contributed by atoms with Crippen molar-refractivity contribution in [1.82, 2.24) is 14.5 Å². The van der Waals surface area contributed by atoms with E-state index in [0.29, 0.717) is 23.4 Å². The molecule has 1 aliphatic heterocycles. The Morgan fingerprint density at radius 1 is 1.32 bits per heavy atom. The molecular weight excluding hydrogens is 288 g/mol. The zero-order valence-electron chi connectivity index (χ0n) is 12.6. The molecule has 3 rings (SSSR count). The lowest BCUT2D eigenvalue weighted by molar-refractivity contribution is 0.0240. The van der Waals surface area contributed by atoms with Crippen molar-refractivity contribution in [3.05, 3.63) is 30.1 Å². The van der Waals surface area contributed by atoms with Gasteiger partial charge < -0.3 is 5.11 Å². The number of para-hydroxylation sites is 2. The average Bonchev–Trinajstić information content (AvgIpc) is 2.85. The quantitative estimate of drug-likeness (QED) is 0.943. The summed E-state index contributed by atoms with van der Waals surface area (Å²) in [5.74, 6) is 0.365. The first-order valence-electron chi connectivity index (χ1n) is 7.74. The minimum Gasteiger partial charge on any atom is -0.392 e. The topological polar surface area (TPSA) is 41.3 Å². The zero-order chi connectivity index (χ0) is 15.7. The van der Waals surface area contributed by atoms with Crippen LogP contribution in [0.15, 0.2) is 24.3 Å². The molecule has 1 aromatic carbocycles. The molecule has 120 valence electrons. The first-order valence-corrected chi connectivity index (χ1v) is 7.74. The number of nitrogens with zero attached hydrogens (tertiary/aromatic N) is 3. The van der Waals surface area contributed by atoms with Gasteiger partial charge in [0.2, 0.25) is 0 Å². The second kappa shape index (κ2) is 6.30. The Bertz CT molecular complexity index is 641. The molecule has 2 heterocycles. The van der Waals surface area contributed by atoms with Crippen LogP contribution in [-0.2, 0) is 6.54 Å². The lowest BCUT2D eigenvalue weighted by Gasteiger charge is -2.37. The summed E-state index contributed by atoms with van der Waals surface area (Å²) in [6, 6.07) is 6.97. The summed E-state index contributed by atoms with van der Waals surface area (Å²) in [5.41, 5.74) is 1.04. The van der Waals surface area contributed by atoms with Crippen molar-refractivity contribution in [2.24, 2.45) is 0 Å². The number of alkyl halides is 2.